The molecule has 2 rings (SSSR count). The Bertz CT molecular complexity index is 614. The van der Waals surface area contributed by atoms with Gasteiger partial charge in [-0.1, -0.05) is 48.5 Å². The largest absolute Gasteiger partial charge is 0.479 e. The summed E-state index contributed by atoms with van der Waals surface area (Å²) in [5.41, 5.74) is 6.55. The van der Waals surface area contributed by atoms with Crippen LogP contribution in [-0.4, -0.2) is 28.6 Å². The Hall–Kier alpha value is -2.66. The summed E-state index contributed by atoms with van der Waals surface area (Å²) < 4.78 is 0. The van der Waals surface area contributed by atoms with Gasteiger partial charge in [-0.25, -0.2) is 4.79 Å². The molecule has 0 aliphatic rings. The number of rotatable bonds is 5. The van der Waals surface area contributed by atoms with Crippen molar-refractivity contribution in [2.24, 2.45) is 5.73 Å². The quantitative estimate of drug-likeness (QED) is 0.821. The Kier molecular flexibility index (Phi) is 4.68. The molecule has 5 heteroatoms. The Morgan fingerprint density at radius 2 is 1.52 bits per heavy atom. The van der Waals surface area contributed by atoms with E-state index in [2.05, 4.69) is 0 Å². The van der Waals surface area contributed by atoms with Gasteiger partial charge < -0.3 is 15.7 Å². The van der Waals surface area contributed by atoms with E-state index in [0.29, 0.717) is 11.1 Å². The van der Waals surface area contributed by atoms with E-state index in [1.807, 2.05) is 0 Å². The van der Waals surface area contributed by atoms with Gasteiger partial charge in [0.05, 0.1) is 6.67 Å². The Morgan fingerprint density at radius 1 is 1.00 bits per heavy atom. The fraction of sp³-hybridized carbons (Fsp3) is 0.125. The van der Waals surface area contributed by atoms with E-state index >= 15 is 0 Å². The van der Waals surface area contributed by atoms with Crippen LogP contribution in [0.2, 0.25) is 0 Å². The molecule has 1 amide bonds. The lowest BCUT2D eigenvalue weighted by Gasteiger charge is -2.28. The molecule has 1 atom stereocenters. The Morgan fingerprint density at radius 3 is 2.00 bits per heavy atom. The minimum absolute atomic E-state index is 0.181. The highest BCUT2D eigenvalue weighted by Gasteiger charge is 2.30. The molecule has 2 aromatic rings. The zero-order chi connectivity index (χ0) is 15.2. The monoisotopic (exact) mass is 284 g/mol. The summed E-state index contributed by atoms with van der Waals surface area (Å²) in [7, 11) is 0. The average molecular weight is 284 g/mol. The zero-order valence-electron chi connectivity index (χ0n) is 11.3. The maximum absolute atomic E-state index is 12.5. The van der Waals surface area contributed by atoms with E-state index in [1.54, 1.807) is 60.7 Å². The standard InChI is InChI=1S/C16H16N2O3/c17-11-18(15(19)13-9-5-2-6-10-13)14(16(20)21)12-7-3-1-4-8-12/h1-10,14H,11,17H2,(H,20,21)/t14-/m1/s1. The molecule has 0 aliphatic heterocycles. The molecule has 0 unspecified atom stereocenters. The second-order valence-corrected chi connectivity index (χ2v) is 4.47. The van der Waals surface area contributed by atoms with Crippen LogP contribution in [0.4, 0.5) is 0 Å². The minimum atomic E-state index is -1.11. The van der Waals surface area contributed by atoms with Crippen LogP contribution in [0.1, 0.15) is 22.0 Å². The molecule has 0 radical (unpaired) electrons. The molecular weight excluding hydrogens is 268 g/mol. The lowest BCUT2D eigenvalue weighted by Crippen LogP contribution is -2.42. The SMILES string of the molecule is NCN(C(=O)c1ccccc1)[C@@H](C(=O)O)c1ccccc1. The minimum Gasteiger partial charge on any atom is -0.479 e. The molecular formula is C16H16N2O3. The van der Waals surface area contributed by atoms with Crippen molar-refractivity contribution in [2.75, 3.05) is 6.67 Å². The third kappa shape index (κ3) is 3.27. The normalized spacial score (nSPS) is 11.7. The van der Waals surface area contributed by atoms with Gasteiger partial charge in [-0.05, 0) is 17.7 Å². The Labute approximate surface area is 122 Å². The van der Waals surface area contributed by atoms with Crippen LogP contribution in [0.3, 0.4) is 0 Å². The molecule has 0 aromatic heterocycles. The second kappa shape index (κ2) is 6.67. The van der Waals surface area contributed by atoms with Crippen molar-refractivity contribution < 1.29 is 14.7 Å². The number of nitrogens with two attached hydrogens (primary N) is 1. The van der Waals surface area contributed by atoms with E-state index in [-0.39, 0.29) is 6.67 Å². The Balaban J connectivity index is 2.38. The maximum atomic E-state index is 12.5. The van der Waals surface area contributed by atoms with Gasteiger partial charge in [0.25, 0.3) is 5.91 Å². The first-order valence-corrected chi connectivity index (χ1v) is 6.49. The maximum Gasteiger partial charge on any atom is 0.331 e. The van der Waals surface area contributed by atoms with Crippen LogP contribution in [0.15, 0.2) is 60.7 Å². The zero-order valence-corrected chi connectivity index (χ0v) is 11.3. The highest BCUT2D eigenvalue weighted by molar-refractivity contribution is 5.96. The van der Waals surface area contributed by atoms with Gasteiger partial charge in [-0.3, -0.25) is 4.79 Å². The fourth-order valence-electron chi connectivity index (χ4n) is 2.14. The molecule has 0 saturated heterocycles. The number of carboxylic acid groups (broad SMARTS) is 1. The number of benzene rings is 2. The number of carbonyl (C=O) groups is 2. The molecule has 0 saturated carbocycles. The molecule has 2 aromatic carbocycles. The summed E-state index contributed by atoms with van der Waals surface area (Å²) in [6.45, 7) is -0.181. The summed E-state index contributed by atoms with van der Waals surface area (Å²) in [5, 5.41) is 9.47. The predicted molar refractivity (Wildman–Crippen MR) is 78.5 cm³/mol. The molecule has 0 bridgehead atoms. The second-order valence-electron chi connectivity index (χ2n) is 4.47. The summed E-state index contributed by atoms with van der Waals surface area (Å²) in [6, 6.07) is 16.0. The van der Waals surface area contributed by atoms with Crippen LogP contribution >= 0.6 is 0 Å². The van der Waals surface area contributed by atoms with Gasteiger partial charge in [-0.15, -0.1) is 0 Å². The van der Waals surface area contributed by atoms with Gasteiger partial charge in [-0.2, -0.15) is 0 Å². The topological polar surface area (TPSA) is 83.6 Å². The van der Waals surface area contributed by atoms with Gasteiger partial charge in [0.2, 0.25) is 0 Å². The summed E-state index contributed by atoms with van der Waals surface area (Å²) in [5.74, 6) is -1.52. The number of nitrogens with zero attached hydrogens (tertiary/aromatic N) is 1. The summed E-state index contributed by atoms with van der Waals surface area (Å²) in [4.78, 5) is 25.2. The highest BCUT2D eigenvalue weighted by Crippen LogP contribution is 2.22. The highest BCUT2D eigenvalue weighted by atomic mass is 16.4. The van der Waals surface area contributed by atoms with Crippen molar-refractivity contribution in [3.63, 3.8) is 0 Å². The molecule has 0 heterocycles. The van der Waals surface area contributed by atoms with Crippen molar-refractivity contribution >= 4 is 11.9 Å². The van der Waals surface area contributed by atoms with E-state index in [9.17, 15) is 14.7 Å². The molecule has 0 spiro atoms. The first-order chi connectivity index (χ1) is 10.1. The van der Waals surface area contributed by atoms with Crippen molar-refractivity contribution in [3.05, 3.63) is 71.8 Å². The van der Waals surface area contributed by atoms with Crippen LogP contribution in [0.25, 0.3) is 0 Å². The van der Waals surface area contributed by atoms with E-state index in [4.69, 9.17) is 5.73 Å². The lowest BCUT2D eigenvalue weighted by molar-refractivity contribution is -0.142. The fourth-order valence-corrected chi connectivity index (χ4v) is 2.14. The molecule has 3 N–H and O–H groups in total. The van der Waals surface area contributed by atoms with Crippen LogP contribution in [0, 0.1) is 0 Å². The number of amides is 1. The first kappa shape index (κ1) is 14.7. The average Bonchev–Trinajstić information content (AvgIpc) is 2.53. The molecule has 5 nitrogen and oxygen atoms in total. The van der Waals surface area contributed by atoms with E-state index in [1.165, 1.54) is 0 Å². The van der Waals surface area contributed by atoms with Crippen LogP contribution in [-0.2, 0) is 4.79 Å². The number of hydrogen-bond acceptors (Lipinski definition) is 3. The van der Waals surface area contributed by atoms with Gasteiger partial charge >= 0.3 is 5.97 Å². The van der Waals surface area contributed by atoms with E-state index in [0.717, 1.165) is 4.90 Å². The summed E-state index contributed by atoms with van der Waals surface area (Å²) >= 11 is 0. The smallest absolute Gasteiger partial charge is 0.331 e. The van der Waals surface area contributed by atoms with Crippen LogP contribution in [0.5, 0.6) is 0 Å². The third-order valence-corrected chi connectivity index (χ3v) is 3.14. The molecule has 108 valence electrons. The van der Waals surface area contributed by atoms with Gasteiger partial charge in [0, 0.05) is 5.56 Å². The van der Waals surface area contributed by atoms with Crippen molar-refractivity contribution in [3.8, 4) is 0 Å². The predicted octanol–water partition coefficient (Wildman–Crippen LogP) is 1.87. The van der Waals surface area contributed by atoms with Crippen molar-refractivity contribution in [1.29, 1.82) is 0 Å². The lowest BCUT2D eigenvalue weighted by atomic mass is 10.0. The number of hydrogen-bond donors (Lipinski definition) is 2. The van der Waals surface area contributed by atoms with Gasteiger partial charge in [0.15, 0.2) is 6.04 Å². The van der Waals surface area contributed by atoms with Gasteiger partial charge in [0.1, 0.15) is 0 Å². The first-order valence-electron chi connectivity index (χ1n) is 6.49. The van der Waals surface area contributed by atoms with E-state index < -0.39 is 17.9 Å². The third-order valence-electron chi connectivity index (χ3n) is 3.14. The van der Waals surface area contributed by atoms with Crippen LogP contribution < -0.4 is 5.73 Å². The number of carboxylic acids is 1. The molecule has 0 aliphatic carbocycles. The molecule has 0 fully saturated rings. The van der Waals surface area contributed by atoms with Crippen molar-refractivity contribution in [1.82, 2.24) is 4.90 Å². The number of aliphatic carboxylic acids is 1. The van der Waals surface area contributed by atoms with Crippen molar-refractivity contribution in [2.45, 2.75) is 6.04 Å². The molecule has 21 heavy (non-hydrogen) atoms. The number of carbonyl (C=O) groups excluding carboxylic acids is 1. The summed E-state index contributed by atoms with van der Waals surface area (Å²) in [6.07, 6.45) is 0.